The molecule has 0 bridgehead atoms. The molecule has 0 aromatic carbocycles. The predicted octanol–water partition coefficient (Wildman–Crippen LogP) is 0.444. The number of aromatic amines is 1. The average Bonchev–Trinajstić information content (AvgIpc) is 2.68. The molecule has 2 aromatic heterocycles. The molecule has 0 radical (unpaired) electrons. The summed E-state index contributed by atoms with van der Waals surface area (Å²) in [5.41, 5.74) is 0.460. The van der Waals surface area contributed by atoms with Crippen LogP contribution in [0.1, 0.15) is 23.9 Å². The van der Waals surface area contributed by atoms with E-state index in [0.29, 0.717) is 30.0 Å². The van der Waals surface area contributed by atoms with E-state index in [-0.39, 0.29) is 5.56 Å². The Bertz CT molecular complexity index is 636. The van der Waals surface area contributed by atoms with Gasteiger partial charge in [0.25, 0.3) is 5.56 Å². The molecule has 0 amide bonds. The molecule has 0 saturated carbocycles. The monoisotopic (exact) mass is 235 g/mol. The lowest BCUT2D eigenvalue weighted by Gasteiger charge is -2.03. The van der Waals surface area contributed by atoms with Gasteiger partial charge in [0, 0.05) is 17.8 Å². The fourth-order valence-electron chi connectivity index (χ4n) is 1.59. The molecule has 0 atom stereocenters. The molecule has 2 heterocycles. The normalized spacial score (nSPS) is 10.7. The van der Waals surface area contributed by atoms with Crippen molar-refractivity contribution in [3.05, 3.63) is 50.1 Å². The van der Waals surface area contributed by atoms with Crippen LogP contribution >= 0.6 is 0 Å². The molecule has 6 nitrogen and oxygen atoms in total. The van der Waals surface area contributed by atoms with Crippen LogP contribution in [0.4, 0.5) is 0 Å². The second kappa shape index (κ2) is 4.40. The van der Waals surface area contributed by atoms with Crippen LogP contribution in [0.3, 0.4) is 0 Å². The van der Waals surface area contributed by atoms with Gasteiger partial charge in [0.05, 0.1) is 6.54 Å². The van der Waals surface area contributed by atoms with Crippen molar-refractivity contribution in [2.75, 3.05) is 0 Å². The first-order valence-corrected chi connectivity index (χ1v) is 5.35. The van der Waals surface area contributed by atoms with Gasteiger partial charge >= 0.3 is 5.69 Å². The standard InChI is InChI=1S/C11H13N3O3/c1-3-8-5-14(11(16)12-10(8)15)6-9-4-7(2)17-13-9/h4-5H,3,6H2,1-2H3,(H,12,15,16). The van der Waals surface area contributed by atoms with Crippen molar-refractivity contribution >= 4 is 0 Å². The van der Waals surface area contributed by atoms with E-state index >= 15 is 0 Å². The van der Waals surface area contributed by atoms with Gasteiger partial charge in [-0.1, -0.05) is 12.1 Å². The van der Waals surface area contributed by atoms with Gasteiger partial charge in [-0.3, -0.25) is 14.3 Å². The van der Waals surface area contributed by atoms with Gasteiger partial charge in [0.1, 0.15) is 11.5 Å². The van der Waals surface area contributed by atoms with E-state index in [2.05, 4.69) is 10.1 Å². The molecule has 0 fully saturated rings. The molecule has 2 aromatic rings. The zero-order chi connectivity index (χ0) is 12.4. The minimum Gasteiger partial charge on any atom is -0.361 e. The van der Waals surface area contributed by atoms with Crippen LogP contribution in [-0.4, -0.2) is 14.7 Å². The summed E-state index contributed by atoms with van der Waals surface area (Å²) >= 11 is 0. The number of H-pyrrole nitrogens is 1. The van der Waals surface area contributed by atoms with Crippen LogP contribution in [0.25, 0.3) is 0 Å². The van der Waals surface area contributed by atoms with Crippen molar-refractivity contribution in [1.82, 2.24) is 14.7 Å². The van der Waals surface area contributed by atoms with Crippen molar-refractivity contribution in [3.63, 3.8) is 0 Å². The first-order valence-electron chi connectivity index (χ1n) is 5.35. The first-order chi connectivity index (χ1) is 8.10. The third-order valence-corrected chi connectivity index (χ3v) is 2.47. The van der Waals surface area contributed by atoms with E-state index in [9.17, 15) is 9.59 Å². The van der Waals surface area contributed by atoms with Crippen molar-refractivity contribution in [2.45, 2.75) is 26.8 Å². The second-order valence-corrected chi connectivity index (χ2v) is 3.82. The fraction of sp³-hybridized carbons (Fsp3) is 0.364. The van der Waals surface area contributed by atoms with Gasteiger partial charge in [0.2, 0.25) is 0 Å². The Balaban J connectivity index is 2.39. The van der Waals surface area contributed by atoms with Gasteiger partial charge in [-0.05, 0) is 13.3 Å². The number of nitrogens with one attached hydrogen (secondary N) is 1. The molecular formula is C11H13N3O3. The van der Waals surface area contributed by atoms with E-state index < -0.39 is 5.69 Å². The van der Waals surface area contributed by atoms with Crippen molar-refractivity contribution < 1.29 is 4.52 Å². The zero-order valence-electron chi connectivity index (χ0n) is 9.69. The molecular weight excluding hydrogens is 222 g/mol. The maximum Gasteiger partial charge on any atom is 0.328 e. The fourth-order valence-corrected chi connectivity index (χ4v) is 1.59. The first kappa shape index (κ1) is 11.4. The van der Waals surface area contributed by atoms with E-state index in [1.807, 2.05) is 6.92 Å². The lowest BCUT2D eigenvalue weighted by molar-refractivity contribution is 0.388. The number of aryl methyl sites for hydroxylation is 2. The summed E-state index contributed by atoms with van der Waals surface area (Å²) in [5, 5.41) is 3.80. The third kappa shape index (κ3) is 2.35. The molecule has 0 unspecified atom stereocenters. The molecule has 0 saturated heterocycles. The van der Waals surface area contributed by atoms with Gasteiger partial charge in [-0.2, -0.15) is 0 Å². The Labute approximate surface area is 96.9 Å². The van der Waals surface area contributed by atoms with E-state index in [1.165, 1.54) is 4.57 Å². The molecule has 0 spiro atoms. The number of aromatic nitrogens is 3. The van der Waals surface area contributed by atoms with Crippen LogP contribution in [0, 0.1) is 6.92 Å². The third-order valence-electron chi connectivity index (χ3n) is 2.47. The molecule has 0 aliphatic heterocycles. The Morgan fingerprint density at radius 1 is 1.47 bits per heavy atom. The van der Waals surface area contributed by atoms with Gasteiger partial charge in [-0.25, -0.2) is 4.79 Å². The molecule has 90 valence electrons. The smallest absolute Gasteiger partial charge is 0.328 e. The second-order valence-electron chi connectivity index (χ2n) is 3.82. The van der Waals surface area contributed by atoms with Crippen molar-refractivity contribution in [1.29, 1.82) is 0 Å². The lowest BCUT2D eigenvalue weighted by Crippen LogP contribution is -2.31. The Hall–Kier alpha value is -2.11. The molecule has 0 aliphatic rings. The zero-order valence-corrected chi connectivity index (χ0v) is 9.69. The summed E-state index contributed by atoms with van der Waals surface area (Å²) in [6.07, 6.45) is 2.14. The van der Waals surface area contributed by atoms with E-state index in [1.54, 1.807) is 19.2 Å². The van der Waals surface area contributed by atoms with Crippen molar-refractivity contribution in [3.8, 4) is 0 Å². The highest BCUT2D eigenvalue weighted by molar-refractivity contribution is 5.08. The van der Waals surface area contributed by atoms with Crippen LogP contribution in [0.5, 0.6) is 0 Å². The highest BCUT2D eigenvalue weighted by Gasteiger charge is 2.06. The lowest BCUT2D eigenvalue weighted by atomic mass is 10.2. The molecule has 6 heteroatoms. The SMILES string of the molecule is CCc1cn(Cc2cc(C)on2)c(=O)[nH]c1=O. The highest BCUT2D eigenvalue weighted by Crippen LogP contribution is 2.02. The maximum absolute atomic E-state index is 11.6. The summed E-state index contributed by atoms with van der Waals surface area (Å²) in [6, 6.07) is 1.75. The predicted molar refractivity (Wildman–Crippen MR) is 61.0 cm³/mol. The largest absolute Gasteiger partial charge is 0.361 e. The number of rotatable bonds is 3. The molecule has 0 aliphatic carbocycles. The quantitative estimate of drug-likeness (QED) is 0.837. The van der Waals surface area contributed by atoms with E-state index in [4.69, 9.17) is 4.52 Å². The van der Waals surface area contributed by atoms with Crippen molar-refractivity contribution in [2.24, 2.45) is 0 Å². The Kier molecular flexibility index (Phi) is 2.95. The maximum atomic E-state index is 11.6. The average molecular weight is 235 g/mol. The summed E-state index contributed by atoms with van der Waals surface area (Å²) in [6.45, 7) is 3.93. The van der Waals surface area contributed by atoms with Crippen LogP contribution < -0.4 is 11.2 Å². The van der Waals surface area contributed by atoms with Crippen LogP contribution in [0.15, 0.2) is 26.4 Å². The minimum absolute atomic E-state index is 0.292. The highest BCUT2D eigenvalue weighted by atomic mass is 16.5. The number of hydrogen-bond acceptors (Lipinski definition) is 4. The summed E-state index contributed by atoms with van der Waals surface area (Å²) in [7, 11) is 0. The van der Waals surface area contributed by atoms with Gasteiger partial charge in [0.15, 0.2) is 0 Å². The van der Waals surface area contributed by atoms with Gasteiger partial charge < -0.3 is 4.52 Å². The van der Waals surface area contributed by atoms with Gasteiger partial charge in [-0.15, -0.1) is 0 Å². The molecule has 2 rings (SSSR count). The molecule has 17 heavy (non-hydrogen) atoms. The number of hydrogen-bond donors (Lipinski definition) is 1. The van der Waals surface area contributed by atoms with Crippen LogP contribution in [-0.2, 0) is 13.0 Å². The molecule has 1 N–H and O–H groups in total. The summed E-state index contributed by atoms with van der Waals surface area (Å²) in [4.78, 5) is 25.2. The minimum atomic E-state index is -0.437. The Morgan fingerprint density at radius 2 is 2.24 bits per heavy atom. The van der Waals surface area contributed by atoms with E-state index in [0.717, 1.165) is 0 Å². The summed E-state index contributed by atoms with van der Waals surface area (Å²) in [5.74, 6) is 0.688. The summed E-state index contributed by atoms with van der Waals surface area (Å²) < 4.78 is 6.33. The topological polar surface area (TPSA) is 80.9 Å². The number of nitrogens with zero attached hydrogens (tertiary/aromatic N) is 2. The Morgan fingerprint density at radius 3 is 2.82 bits per heavy atom. The van der Waals surface area contributed by atoms with Crippen LogP contribution in [0.2, 0.25) is 0 Å².